The molecule has 10 heavy (non-hydrogen) atoms. The van der Waals surface area contributed by atoms with Gasteiger partial charge in [-0.15, -0.1) is 0 Å². The summed E-state index contributed by atoms with van der Waals surface area (Å²) in [6.45, 7) is 3.15. The van der Waals surface area contributed by atoms with Crippen LogP contribution in [0.1, 0.15) is 20.3 Å². The van der Waals surface area contributed by atoms with Crippen molar-refractivity contribution in [3.05, 3.63) is 0 Å². The van der Waals surface area contributed by atoms with E-state index in [9.17, 15) is 0 Å². The minimum atomic E-state index is -0.700. The molecule has 0 radical (unpaired) electrons. The lowest BCUT2D eigenvalue weighted by Crippen LogP contribution is -2.19. The Bertz CT molecular complexity index is 74.3. The SMILES string of the molecule is CC(C)(O)CCO.O=CO. The van der Waals surface area contributed by atoms with E-state index in [1.165, 1.54) is 0 Å². The highest BCUT2D eigenvalue weighted by molar-refractivity contribution is 5.32. The highest BCUT2D eigenvalue weighted by atomic mass is 16.3. The lowest BCUT2D eigenvalue weighted by Gasteiger charge is -2.13. The van der Waals surface area contributed by atoms with Gasteiger partial charge in [0.05, 0.1) is 5.60 Å². The van der Waals surface area contributed by atoms with Crippen LogP contribution in [0.4, 0.5) is 0 Å². The number of aliphatic hydroxyl groups excluding tert-OH is 1. The summed E-state index contributed by atoms with van der Waals surface area (Å²) in [7, 11) is 0. The summed E-state index contributed by atoms with van der Waals surface area (Å²) in [5.74, 6) is 0. The molecule has 0 saturated heterocycles. The molecule has 0 unspecified atom stereocenters. The Hall–Kier alpha value is -0.610. The summed E-state index contributed by atoms with van der Waals surface area (Å²) < 4.78 is 0. The summed E-state index contributed by atoms with van der Waals surface area (Å²) >= 11 is 0. The van der Waals surface area contributed by atoms with E-state index < -0.39 is 5.60 Å². The molecule has 62 valence electrons. The number of hydrogen-bond acceptors (Lipinski definition) is 3. The van der Waals surface area contributed by atoms with Crippen LogP contribution < -0.4 is 0 Å². The molecule has 4 heteroatoms. The number of carbonyl (C=O) groups is 1. The van der Waals surface area contributed by atoms with Crippen molar-refractivity contribution in [1.82, 2.24) is 0 Å². The summed E-state index contributed by atoms with van der Waals surface area (Å²) in [6.07, 6.45) is 0.451. The summed E-state index contributed by atoms with van der Waals surface area (Å²) in [5.41, 5.74) is -0.700. The van der Waals surface area contributed by atoms with Crippen molar-refractivity contribution in [2.75, 3.05) is 6.61 Å². The topological polar surface area (TPSA) is 77.8 Å². The van der Waals surface area contributed by atoms with Crippen LogP contribution in [0.5, 0.6) is 0 Å². The highest BCUT2D eigenvalue weighted by Gasteiger charge is 2.09. The van der Waals surface area contributed by atoms with Gasteiger partial charge in [0.15, 0.2) is 0 Å². The summed E-state index contributed by atoms with van der Waals surface area (Å²) in [4.78, 5) is 8.36. The Morgan fingerprint density at radius 2 is 1.80 bits per heavy atom. The second-order valence-corrected chi connectivity index (χ2v) is 2.39. The third-order valence-electron chi connectivity index (χ3n) is 0.724. The van der Waals surface area contributed by atoms with Crippen LogP contribution in [0.3, 0.4) is 0 Å². The second kappa shape index (κ2) is 6.51. The molecule has 0 bridgehead atoms. The fraction of sp³-hybridized carbons (Fsp3) is 0.833. The normalized spacial score (nSPS) is 9.60. The Balaban J connectivity index is 0. The Morgan fingerprint density at radius 1 is 1.50 bits per heavy atom. The molecule has 4 nitrogen and oxygen atoms in total. The van der Waals surface area contributed by atoms with E-state index in [2.05, 4.69) is 0 Å². The van der Waals surface area contributed by atoms with Crippen molar-refractivity contribution in [1.29, 1.82) is 0 Å². The number of aliphatic hydroxyl groups is 2. The van der Waals surface area contributed by atoms with Gasteiger partial charge in [0.25, 0.3) is 6.47 Å². The first-order valence-corrected chi connectivity index (χ1v) is 2.89. The van der Waals surface area contributed by atoms with Gasteiger partial charge in [0, 0.05) is 6.61 Å². The fourth-order valence-corrected chi connectivity index (χ4v) is 0.274. The molecule has 0 fully saturated rings. The molecule has 3 N–H and O–H groups in total. The first-order valence-electron chi connectivity index (χ1n) is 2.89. The van der Waals surface area contributed by atoms with E-state index in [0.29, 0.717) is 6.42 Å². The van der Waals surface area contributed by atoms with Crippen LogP contribution in [-0.4, -0.2) is 34.0 Å². The highest BCUT2D eigenvalue weighted by Crippen LogP contribution is 2.04. The van der Waals surface area contributed by atoms with Gasteiger partial charge in [0.1, 0.15) is 0 Å². The van der Waals surface area contributed by atoms with Gasteiger partial charge in [-0.05, 0) is 20.3 Å². The zero-order chi connectivity index (χ0) is 8.62. The molecule has 0 atom stereocenters. The van der Waals surface area contributed by atoms with Crippen LogP contribution in [-0.2, 0) is 4.79 Å². The van der Waals surface area contributed by atoms with E-state index in [0.717, 1.165) is 0 Å². The van der Waals surface area contributed by atoms with Crippen molar-refractivity contribution >= 4 is 6.47 Å². The largest absolute Gasteiger partial charge is 0.483 e. The van der Waals surface area contributed by atoms with Gasteiger partial charge in [-0.3, -0.25) is 4.79 Å². The van der Waals surface area contributed by atoms with E-state index in [4.69, 9.17) is 20.1 Å². The van der Waals surface area contributed by atoms with Crippen molar-refractivity contribution in [3.8, 4) is 0 Å². The summed E-state index contributed by atoms with van der Waals surface area (Å²) in [5, 5.41) is 24.0. The maximum atomic E-state index is 8.86. The predicted octanol–water partition coefficient (Wildman–Crippen LogP) is -0.160. The zero-order valence-electron chi connectivity index (χ0n) is 6.24. The lowest BCUT2D eigenvalue weighted by atomic mass is 10.1. The van der Waals surface area contributed by atoms with Gasteiger partial charge in [-0.2, -0.15) is 0 Å². The average Bonchev–Trinajstić information content (AvgIpc) is 1.63. The molecule has 0 aromatic heterocycles. The first-order chi connectivity index (χ1) is 4.47. The molecule has 0 aliphatic carbocycles. The molecule has 0 aliphatic heterocycles. The van der Waals surface area contributed by atoms with E-state index >= 15 is 0 Å². The Labute approximate surface area is 60.1 Å². The van der Waals surface area contributed by atoms with E-state index in [1.54, 1.807) is 13.8 Å². The monoisotopic (exact) mass is 150 g/mol. The zero-order valence-corrected chi connectivity index (χ0v) is 6.24. The Kier molecular flexibility index (Phi) is 7.88. The quantitative estimate of drug-likeness (QED) is 0.478. The number of rotatable bonds is 2. The van der Waals surface area contributed by atoms with Crippen LogP contribution >= 0.6 is 0 Å². The van der Waals surface area contributed by atoms with Gasteiger partial charge < -0.3 is 15.3 Å². The number of carboxylic acid groups (broad SMARTS) is 1. The van der Waals surface area contributed by atoms with Crippen LogP contribution in [0.25, 0.3) is 0 Å². The van der Waals surface area contributed by atoms with Crippen LogP contribution in [0.15, 0.2) is 0 Å². The molecule has 0 aromatic carbocycles. The van der Waals surface area contributed by atoms with Gasteiger partial charge >= 0.3 is 0 Å². The van der Waals surface area contributed by atoms with Crippen molar-refractivity contribution < 1.29 is 20.1 Å². The van der Waals surface area contributed by atoms with Gasteiger partial charge in [-0.1, -0.05) is 0 Å². The molecule has 0 amide bonds. The number of hydrogen-bond donors (Lipinski definition) is 3. The van der Waals surface area contributed by atoms with Gasteiger partial charge in [-0.25, -0.2) is 0 Å². The third-order valence-corrected chi connectivity index (χ3v) is 0.724. The minimum Gasteiger partial charge on any atom is -0.483 e. The fourth-order valence-electron chi connectivity index (χ4n) is 0.274. The lowest BCUT2D eigenvalue weighted by molar-refractivity contribution is -0.122. The van der Waals surface area contributed by atoms with E-state index in [1.807, 2.05) is 0 Å². The smallest absolute Gasteiger partial charge is 0.290 e. The van der Waals surface area contributed by atoms with Crippen molar-refractivity contribution in [2.24, 2.45) is 0 Å². The van der Waals surface area contributed by atoms with Crippen molar-refractivity contribution in [2.45, 2.75) is 25.9 Å². The molecule has 0 aromatic rings. The van der Waals surface area contributed by atoms with Crippen LogP contribution in [0.2, 0.25) is 0 Å². The minimum absolute atomic E-state index is 0.0590. The maximum absolute atomic E-state index is 8.86. The molecule has 0 heterocycles. The van der Waals surface area contributed by atoms with Crippen molar-refractivity contribution in [3.63, 3.8) is 0 Å². The summed E-state index contributed by atoms with van der Waals surface area (Å²) in [6, 6.07) is 0. The first kappa shape index (κ1) is 12.1. The van der Waals surface area contributed by atoms with Gasteiger partial charge in [0.2, 0.25) is 0 Å². The molecular weight excluding hydrogens is 136 g/mol. The molecule has 0 rings (SSSR count). The molecule has 0 spiro atoms. The Morgan fingerprint density at radius 3 is 1.80 bits per heavy atom. The molecular formula is C6H14O4. The second-order valence-electron chi connectivity index (χ2n) is 2.39. The third kappa shape index (κ3) is 26.3. The van der Waals surface area contributed by atoms with Crippen LogP contribution in [0, 0.1) is 0 Å². The standard InChI is InChI=1S/C5H12O2.CH2O2/c1-5(2,7)3-4-6;2-1-3/h6-7H,3-4H2,1-2H3;1H,(H,2,3). The molecule has 0 aliphatic rings. The predicted molar refractivity (Wildman–Crippen MR) is 36.7 cm³/mol. The molecule has 0 saturated carbocycles. The maximum Gasteiger partial charge on any atom is 0.290 e. The van der Waals surface area contributed by atoms with E-state index in [-0.39, 0.29) is 13.1 Å². The average molecular weight is 150 g/mol.